The van der Waals surface area contributed by atoms with Crippen molar-refractivity contribution >= 4 is 46.9 Å². The van der Waals surface area contributed by atoms with Gasteiger partial charge in [0.05, 0.1) is 11.9 Å². The number of carbonyl (C=O) groups excluding carboxylic acids is 4. The third-order valence-electron chi connectivity index (χ3n) is 1.38. The minimum absolute atomic E-state index is 0. The molecule has 0 heterocycles. The molecule has 0 saturated heterocycles. The monoisotopic (exact) mass is 286 g/mol. The number of nitrogens with two attached hydrogens (primary N) is 2. The zero-order valence-corrected chi connectivity index (χ0v) is 11.1. The molecule has 0 bridgehead atoms. The second-order valence-electron chi connectivity index (χ2n) is 3.00. The summed E-state index contributed by atoms with van der Waals surface area (Å²) < 4.78 is 0. The Kier molecular flexibility index (Phi) is 13.9. The molecule has 0 aliphatic carbocycles. The van der Waals surface area contributed by atoms with E-state index in [2.05, 4.69) is 0 Å². The molecule has 0 amide bonds. The predicted octanol–water partition coefficient (Wildman–Crippen LogP) is -7.97. The molecule has 19 heavy (non-hydrogen) atoms. The molecule has 4 N–H and O–H groups in total. The maximum absolute atomic E-state index is 9.71. The van der Waals surface area contributed by atoms with E-state index < -0.39 is 48.8 Å². The average molecular weight is 286 g/mol. The van der Waals surface area contributed by atoms with Crippen LogP contribution in [0.25, 0.3) is 0 Å². The molecule has 0 radical (unpaired) electrons. The second kappa shape index (κ2) is 11.6. The van der Waals surface area contributed by atoms with E-state index in [9.17, 15) is 39.6 Å². The van der Waals surface area contributed by atoms with Gasteiger partial charge in [0, 0.05) is 36.9 Å². The van der Waals surface area contributed by atoms with Crippen molar-refractivity contribution < 1.29 is 39.6 Å². The number of carboxylic acids is 4. The molecule has 0 aromatic carbocycles. The SMILES string of the molecule is N[C@@H](CC(=O)[O-])C(=O)[O-].N[C@@H](CC(=O)[O-])C(=O)[O-].[Mg+2]. The number of rotatable bonds is 6. The van der Waals surface area contributed by atoms with Crippen LogP contribution >= 0.6 is 0 Å². The number of hydrogen-bond acceptors (Lipinski definition) is 10. The summed E-state index contributed by atoms with van der Waals surface area (Å²) in [7, 11) is 0. The molecule has 0 unspecified atom stereocenters. The molecule has 0 rings (SSSR count). The van der Waals surface area contributed by atoms with Gasteiger partial charge in [-0.25, -0.2) is 0 Å². The summed E-state index contributed by atoms with van der Waals surface area (Å²) >= 11 is 0. The van der Waals surface area contributed by atoms with Crippen LogP contribution in [-0.4, -0.2) is 59.0 Å². The van der Waals surface area contributed by atoms with Crippen LogP contribution in [0.4, 0.5) is 0 Å². The molecule has 0 saturated carbocycles. The molecule has 0 aromatic rings. The van der Waals surface area contributed by atoms with Gasteiger partial charge >= 0.3 is 23.1 Å². The van der Waals surface area contributed by atoms with Crippen molar-refractivity contribution in [3.63, 3.8) is 0 Å². The molecule has 2 atom stereocenters. The van der Waals surface area contributed by atoms with Crippen molar-refractivity contribution in [2.24, 2.45) is 11.5 Å². The summed E-state index contributed by atoms with van der Waals surface area (Å²) in [4.78, 5) is 38.7. The molecule has 0 aliphatic heterocycles. The van der Waals surface area contributed by atoms with E-state index in [1.807, 2.05) is 0 Å². The van der Waals surface area contributed by atoms with E-state index in [0.717, 1.165) is 0 Å². The minimum atomic E-state index is -1.58. The maximum Gasteiger partial charge on any atom is 2.00 e. The molecule has 10 nitrogen and oxygen atoms in total. The zero-order valence-electron chi connectivity index (χ0n) is 9.70. The fourth-order valence-corrected chi connectivity index (χ4v) is 0.526. The minimum Gasteiger partial charge on any atom is -0.550 e. The molecular formula is C8H10MgN2O8-2. The van der Waals surface area contributed by atoms with Crippen LogP contribution in [0.2, 0.25) is 0 Å². The van der Waals surface area contributed by atoms with Crippen molar-refractivity contribution in [1.82, 2.24) is 0 Å². The van der Waals surface area contributed by atoms with Crippen molar-refractivity contribution in [2.45, 2.75) is 24.9 Å². The molecule has 104 valence electrons. The number of carboxylic acid groups (broad SMARTS) is 4. The standard InChI is InChI=1S/2C4H7NO4.Mg/c2*5-2(4(8)9)1-3(6)7;/h2*2H,1,5H2,(H,6,7)(H,8,9);/q;;+2/p-4/t2*2-;/m00./s1. The van der Waals surface area contributed by atoms with Crippen LogP contribution in [0.3, 0.4) is 0 Å². The summed E-state index contributed by atoms with van der Waals surface area (Å²) in [6, 6.07) is -2.93. The van der Waals surface area contributed by atoms with E-state index in [0.29, 0.717) is 0 Å². The molecule has 11 heteroatoms. The van der Waals surface area contributed by atoms with Crippen molar-refractivity contribution in [2.75, 3.05) is 0 Å². The first-order valence-electron chi connectivity index (χ1n) is 4.40. The van der Waals surface area contributed by atoms with Crippen LogP contribution in [0.1, 0.15) is 12.8 Å². The fraction of sp³-hybridized carbons (Fsp3) is 0.500. The van der Waals surface area contributed by atoms with Gasteiger partial charge < -0.3 is 51.1 Å². The predicted molar refractivity (Wildman–Crippen MR) is 51.0 cm³/mol. The third-order valence-corrected chi connectivity index (χ3v) is 1.38. The molecule has 0 aromatic heterocycles. The fourth-order valence-electron chi connectivity index (χ4n) is 0.526. The molecule has 0 spiro atoms. The number of carbonyl (C=O) groups is 4. The van der Waals surface area contributed by atoms with E-state index >= 15 is 0 Å². The van der Waals surface area contributed by atoms with Crippen molar-refractivity contribution in [3.05, 3.63) is 0 Å². The summed E-state index contributed by atoms with van der Waals surface area (Å²) in [6.07, 6.45) is -1.41. The largest absolute Gasteiger partial charge is 2.00 e. The molecule has 0 fully saturated rings. The summed E-state index contributed by atoms with van der Waals surface area (Å²) in [6.45, 7) is 0. The van der Waals surface area contributed by atoms with Gasteiger partial charge in [0.2, 0.25) is 0 Å². The van der Waals surface area contributed by atoms with E-state index in [-0.39, 0.29) is 23.1 Å². The Balaban J connectivity index is -0.000000256. The van der Waals surface area contributed by atoms with E-state index in [1.54, 1.807) is 0 Å². The van der Waals surface area contributed by atoms with Crippen LogP contribution in [0, 0.1) is 0 Å². The smallest absolute Gasteiger partial charge is 0.550 e. The summed E-state index contributed by atoms with van der Waals surface area (Å²) in [5.74, 6) is -6.16. The van der Waals surface area contributed by atoms with Gasteiger partial charge in [-0.15, -0.1) is 0 Å². The average Bonchev–Trinajstić information content (AvgIpc) is 2.16. The third kappa shape index (κ3) is 16.6. The molecular weight excluding hydrogens is 276 g/mol. The first-order valence-corrected chi connectivity index (χ1v) is 4.40. The summed E-state index contributed by atoms with van der Waals surface area (Å²) in [5.41, 5.74) is 9.47. The maximum atomic E-state index is 9.71. The number of hydrogen-bond donors (Lipinski definition) is 2. The van der Waals surface area contributed by atoms with Gasteiger partial charge in [0.25, 0.3) is 0 Å². The van der Waals surface area contributed by atoms with Gasteiger partial charge in [-0.05, 0) is 0 Å². The van der Waals surface area contributed by atoms with Crippen molar-refractivity contribution in [3.8, 4) is 0 Å². The Bertz CT molecular complexity index is 303. The zero-order chi connectivity index (χ0) is 14.9. The normalized spacial score (nSPS) is 11.9. The van der Waals surface area contributed by atoms with Gasteiger partial charge in [0.15, 0.2) is 0 Å². The Labute approximate surface area is 123 Å². The van der Waals surface area contributed by atoms with Gasteiger partial charge in [-0.1, -0.05) is 0 Å². The quantitative estimate of drug-likeness (QED) is 0.439. The first-order chi connectivity index (χ1) is 8.07. The molecule has 0 aliphatic rings. The van der Waals surface area contributed by atoms with Crippen LogP contribution < -0.4 is 31.9 Å². The first kappa shape index (κ1) is 22.7. The van der Waals surface area contributed by atoms with Crippen molar-refractivity contribution in [1.29, 1.82) is 0 Å². The van der Waals surface area contributed by atoms with Gasteiger partial charge in [-0.3, -0.25) is 0 Å². The van der Waals surface area contributed by atoms with Gasteiger partial charge in [0.1, 0.15) is 0 Å². The Hall–Kier alpha value is -1.43. The Morgan fingerprint density at radius 3 is 1.00 bits per heavy atom. The second-order valence-corrected chi connectivity index (χ2v) is 3.00. The van der Waals surface area contributed by atoms with Crippen LogP contribution in [-0.2, 0) is 19.2 Å². The summed E-state index contributed by atoms with van der Waals surface area (Å²) in [5, 5.41) is 38.7. The van der Waals surface area contributed by atoms with Gasteiger partial charge in [-0.2, -0.15) is 0 Å². The van der Waals surface area contributed by atoms with E-state index in [1.165, 1.54) is 0 Å². The van der Waals surface area contributed by atoms with Crippen LogP contribution in [0.5, 0.6) is 0 Å². The topological polar surface area (TPSA) is 213 Å². The Morgan fingerprint density at radius 1 is 0.737 bits per heavy atom. The number of aliphatic carboxylic acids is 4. The van der Waals surface area contributed by atoms with Crippen LogP contribution in [0.15, 0.2) is 0 Å². The Morgan fingerprint density at radius 2 is 0.947 bits per heavy atom. The van der Waals surface area contributed by atoms with E-state index in [4.69, 9.17) is 11.5 Å².